The van der Waals surface area contributed by atoms with Gasteiger partial charge in [0.15, 0.2) is 12.6 Å². The highest BCUT2D eigenvalue weighted by Crippen LogP contribution is 2.22. The Morgan fingerprint density at radius 1 is 1.00 bits per heavy atom. The van der Waals surface area contributed by atoms with Gasteiger partial charge in [0.05, 0.1) is 13.2 Å². The van der Waals surface area contributed by atoms with Crippen LogP contribution in [-0.4, -0.2) is 121 Å². The van der Waals surface area contributed by atoms with Crippen molar-refractivity contribution in [1.82, 2.24) is 0 Å². The van der Waals surface area contributed by atoms with Gasteiger partial charge in [-0.1, -0.05) is 0 Å². The summed E-state index contributed by atoms with van der Waals surface area (Å²) in [5.41, 5.74) is 0. The molecule has 1 fully saturated rings. The van der Waals surface area contributed by atoms with Crippen LogP contribution in [0, 0.1) is 0 Å². The second-order valence-corrected chi connectivity index (χ2v) is 5.21. The highest BCUT2D eigenvalue weighted by molar-refractivity contribution is 5.56. The standard InChI is InChI=1S/C12H22O11.H2O/c13-1-4(15)7(17)8(18)5(16)3-22-12-11(21)10(20)9(19)6(2-14)23-12;/h1,4-12,14-21H,2-3H2;1H2. The molecular formula is C12H24O12. The van der Waals surface area contributed by atoms with Crippen LogP contribution < -0.4 is 0 Å². The second kappa shape index (κ2) is 10.3. The Kier molecular flexibility index (Phi) is 9.94. The molecule has 9 unspecified atom stereocenters. The maximum absolute atomic E-state index is 10.3. The first-order chi connectivity index (χ1) is 10.7. The number of hydrogen-bond donors (Lipinski definition) is 8. The first-order valence-electron chi connectivity index (χ1n) is 6.84. The number of carbonyl (C=O) groups excluding carboxylic acids is 1. The van der Waals surface area contributed by atoms with E-state index >= 15 is 0 Å². The molecule has 0 spiro atoms. The van der Waals surface area contributed by atoms with E-state index in [1.165, 1.54) is 0 Å². The minimum Gasteiger partial charge on any atom is -0.412 e. The number of rotatable bonds is 8. The number of carbonyl (C=O) groups is 1. The molecule has 1 heterocycles. The van der Waals surface area contributed by atoms with E-state index in [4.69, 9.17) is 19.7 Å². The SMILES string of the molecule is O.O=CC(O)C(O)C(O)C(O)COC1OC(CO)C(O)C(O)C1O. The second-order valence-electron chi connectivity index (χ2n) is 5.21. The fourth-order valence-electron chi connectivity index (χ4n) is 2.01. The summed E-state index contributed by atoms with van der Waals surface area (Å²) < 4.78 is 9.94. The number of hydrogen-bond acceptors (Lipinski definition) is 11. The van der Waals surface area contributed by atoms with Gasteiger partial charge in [-0.3, -0.25) is 0 Å². The zero-order valence-electron chi connectivity index (χ0n) is 12.5. The molecule has 1 aliphatic rings. The van der Waals surface area contributed by atoms with Crippen LogP contribution in [0.25, 0.3) is 0 Å². The Morgan fingerprint density at radius 3 is 2.08 bits per heavy atom. The molecular weight excluding hydrogens is 336 g/mol. The van der Waals surface area contributed by atoms with Gasteiger partial charge in [0.2, 0.25) is 0 Å². The van der Waals surface area contributed by atoms with Crippen molar-refractivity contribution in [2.24, 2.45) is 0 Å². The zero-order valence-corrected chi connectivity index (χ0v) is 12.5. The summed E-state index contributed by atoms with van der Waals surface area (Å²) in [5, 5.41) is 75.4. The molecule has 0 amide bonds. The van der Waals surface area contributed by atoms with Crippen molar-refractivity contribution in [3.8, 4) is 0 Å². The molecule has 12 heteroatoms. The van der Waals surface area contributed by atoms with Crippen molar-refractivity contribution in [3.63, 3.8) is 0 Å². The van der Waals surface area contributed by atoms with Crippen LogP contribution in [0.5, 0.6) is 0 Å². The lowest BCUT2D eigenvalue weighted by atomic mass is 9.99. The molecule has 0 aromatic carbocycles. The maximum atomic E-state index is 10.3. The van der Waals surface area contributed by atoms with E-state index in [-0.39, 0.29) is 11.8 Å². The summed E-state index contributed by atoms with van der Waals surface area (Å²) in [6.45, 7) is -1.37. The predicted molar refractivity (Wildman–Crippen MR) is 73.4 cm³/mol. The highest BCUT2D eigenvalue weighted by Gasteiger charge is 2.44. The van der Waals surface area contributed by atoms with Gasteiger partial charge in [-0.15, -0.1) is 0 Å². The molecule has 144 valence electrons. The minimum atomic E-state index is -1.96. The molecule has 0 saturated carbocycles. The van der Waals surface area contributed by atoms with Gasteiger partial charge >= 0.3 is 0 Å². The summed E-state index contributed by atoms with van der Waals surface area (Å²) in [6, 6.07) is 0. The van der Waals surface area contributed by atoms with Crippen molar-refractivity contribution < 1.29 is 60.6 Å². The van der Waals surface area contributed by atoms with Crippen LogP contribution in [0.2, 0.25) is 0 Å². The molecule has 12 nitrogen and oxygen atoms in total. The van der Waals surface area contributed by atoms with Crippen LogP contribution >= 0.6 is 0 Å². The Hall–Kier alpha value is -0.770. The van der Waals surface area contributed by atoms with Gasteiger partial charge in [0.1, 0.15) is 48.8 Å². The lowest BCUT2D eigenvalue weighted by Crippen LogP contribution is -2.59. The van der Waals surface area contributed by atoms with E-state index in [1.807, 2.05) is 0 Å². The topological polar surface area (TPSA) is 229 Å². The molecule has 0 bridgehead atoms. The Bertz CT molecular complexity index is 366. The summed E-state index contributed by atoms with van der Waals surface area (Å²) in [5.74, 6) is 0. The fourth-order valence-corrected chi connectivity index (χ4v) is 2.01. The van der Waals surface area contributed by atoms with E-state index < -0.39 is 68.3 Å². The summed E-state index contributed by atoms with van der Waals surface area (Å²) in [7, 11) is 0. The number of ether oxygens (including phenoxy) is 2. The van der Waals surface area contributed by atoms with E-state index in [1.54, 1.807) is 0 Å². The molecule has 24 heavy (non-hydrogen) atoms. The molecule has 9 atom stereocenters. The zero-order chi connectivity index (χ0) is 17.7. The third kappa shape index (κ3) is 5.37. The van der Waals surface area contributed by atoms with Crippen molar-refractivity contribution in [2.45, 2.75) is 55.1 Å². The summed E-state index contributed by atoms with van der Waals surface area (Å²) in [6.07, 6.45) is -15.3. The maximum Gasteiger partial charge on any atom is 0.186 e. The molecule has 1 saturated heterocycles. The Labute approximate surface area is 136 Å². The predicted octanol–water partition coefficient (Wildman–Crippen LogP) is -6.38. The van der Waals surface area contributed by atoms with Crippen molar-refractivity contribution in [2.75, 3.05) is 13.2 Å². The monoisotopic (exact) mass is 360 g/mol. The van der Waals surface area contributed by atoms with Crippen LogP contribution in [0.4, 0.5) is 0 Å². The normalized spacial score (nSPS) is 35.4. The molecule has 10 N–H and O–H groups in total. The molecule has 0 aromatic rings. The van der Waals surface area contributed by atoms with Gasteiger partial charge in [0.25, 0.3) is 0 Å². The quantitative estimate of drug-likeness (QED) is 0.190. The Balaban J connectivity index is 0.00000529. The van der Waals surface area contributed by atoms with Gasteiger partial charge < -0.3 is 60.6 Å². The minimum absolute atomic E-state index is 0. The molecule has 1 aliphatic heterocycles. The van der Waals surface area contributed by atoms with Crippen molar-refractivity contribution in [3.05, 3.63) is 0 Å². The number of aldehydes is 1. The Morgan fingerprint density at radius 2 is 1.58 bits per heavy atom. The van der Waals surface area contributed by atoms with E-state index in [2.05, 4.69) is 0 Å². The summed E-state index contributed by atoms with van der Waals surface area (Å²) >= 11 is 0. The molecule has 1 rings (SSSR count). The fraction of sp³-hybridized carbons (Fsp3) is 0.917. The van der Waals surface area contributed by atoms with E-state index in [0.29, 0.717) is 0 Å². The third-order valence-corrected chi connectivity index (χ3v) is 3.51. The molecule has 0 radical (unpaired) electrons. The smallest absolute Gasteiger partial charge is 0.186 e. The lowest BCUT2D eigenvalue weighted by molar-refractivity contribution is -0.306. The van der Waals surface area contributed by atoms with Crippen molar-refractivity contribution in [1.29, 1.82) is 0 Å². The summed E-state index contributed by atoms with van der Waals surface area (Å²) in [4.78, 5) is 10.3. The van der Waals surface area contributed by atoms with Crippen molar-refractivity contribution >= 4 is 6.29 Å². The largest absolute Gasteiger partial charge is 0.412 e. The van der Waals surface area contributed by atoms with Crippen LogP contribution in [0.3, 0.4) is 0 Å². The highest BCUT2D eigenvalue weighted by atomic mass is 16.7. The van der Waals surface area contributed by atoms with Gasteiger partial charge in [0, 0.05) is 0 Å². The van der Waals surface area contributed by atoms with Gasteiger partial charge in [-0.25, -0.2) is 0 Å². The van der Waals surface area contributed by atoms with E-state index in [0.717, 1.165) is 0 Å². The van der Waals surface area contributed by atoms with E-state index in [9.17, 15) is 35.4 Å². The van der Waals surface area contributed by atoms with Gasteiger partial charge in [-0.2, -0.15) is 0 Å². The average Bonchev–Trinajstić information content (AvgIpc) is 2.56. The number of aliphatic hydroxyl groups excluding tert-OH is 8. The lowest BCUT2D eigenvalue weighted by Gasteiger charge is -2.40. The van der Waals surface area contributed by atoms with Crippen LogP contribution in [0.1, 0.15) is 0 Å². The van der Waals surface area contributed by atoms with Gasteiger partial charge in [-0.05, 0) is 0 Å². The van der Waals surface area contributed by atoms with Crippen LogP contribution in [0.15, 0.2) is 0 Å². The number of aliphatic hydroxyl groups is 8. The third-order valence-electron chi connectivity index (χ3n) is 3.51. The van der Waals surface area contributed by atoms with Crippen LogP contribution in [-0.2, 0) is 14.3 Å². The molecule has 0 aliphatic carbocycles. The molecule has 0 aromatic heterocycles. The average molecular weight is 360 g/mol. The first kappa shape index (κ1) is 23.2. The first-order valence-corrected chi connectivity index (χ1v) is 6.84.